The Morgan fingerprint density at radius 1 is 0.696 bits per heavy atom. The van der Waals surface area contributed by atoms with Crippen LogP contribution >= 0.6 is 11.3 Å². The molecule has 4 aromatic carbocycles. The Balaban J connectivity index is 1.31. The van der Waals surface area contributed by atoms with E-state index in [-0.39, 0.29) is 6.42 Å². The van der Waals surface area contributed by atoms with Crippen molar-refractivity contribution < 1.29 is 9.90 Å². The molecule has 7 heteroatoms. The zero-order valence-corrected chi connectivity index (χ0v) is 26.2. The number of carboxylic acid groups (broad SMARTS) is 1. The zero-order valence-electron chi connectivity index (χ0n) is 25.4. The smallest absolute Gasteiger partial charge is 0.303 e. The SMILES string of the molecule is O=C(O)CCCCCCn1c2cc(-c3ccc(-c4cnccn4)s3)ccc2c2ccc(N(c3ccccc3)c3ccccc3)cc21. The van der Waals surface area contributed by atoms with Crippen molar-refractivity contribution in [2.75, 3.05) is 4.90 Å². The third kappa shape index (κ3) is 6.14. The number of carboxylic acids is 1. The number of rotatable bonds is 12. The lowest BCUT2D eigenvalue weighted by Gasteiger charge is -2.25. The summed E-state index contributed by atoms with van der Waals surface area (Å²) in [6.45, 7) is 0.853. The molecule has 3 aromatic heterocycles. The highest BCUT2D eigenvalue weighted by Crippen LogP contribution is 2.40. The van der Waals surface area contributed by atoms with E-state index in [2.05, 4.69) is 116 Å². The maximum Gasteiger partial charge on any atom is 0.303 e. The van der Waals surface area contributed by atoms with Gasteiger partial charge in [-0.3, -0.25) is 14.8 Å². The van der Waals surface area contributed by atoms with Crippen molar-refractivity contribution in [1.82, 2.24) is 14.5 Å². The van der Waals surface area contributed by atoms with Gasteiger partial charge in [-0.05, 0) is 73.0 Å². The molecule has 228 valence electrons. The van der Waals surface area contributed by atoms with Crippen LogP contribution in [0.4, 0.5) is 17.1 Å². The van der Waals surface area contributed by atoms with Crippen molar-refractivity contribution in [2.24, 2.45) is 0 Å². The Kier molecular flexibility index (Phi) is 8.57. The second kappa shape index (κ2) is 13.4. The summed E-state index contributed by atoms with van der Waals surface area (Å²) < 4.78 is 2.46. The second-order valence-corrected chi connectivity index (χ2v) is 12.5. The number of hydrogen-bond acceptors (Lipinski definition) is 5. The molecule has 0 radical (unpaired) electrons. The normalized spacial score (nSPS) is 11.3. The van der Waals surface area contributed by atoms with Gasteiger partial charge in [-0.1, -0.05) is 67.4 Å². The third-order valence-corrected chi connectivity index (χ3v) is 9.52. The molecule has 7 rings (SSSR count). The summed E-state index contributed by atoms with van der Waals surface area (Å²) in [5.41, 5.74) is 7.76. The maximum absolute atomic E-state index is 11.0. The van der Waals surface area contributed by atoms with Gasteiger partial charge in [-0.15, -0.1) is 11.3 Å². The molecule has 7 aromatic rings. The highest BCUT2D eigenvalue weighted by Gasteiger charge is 2.17. The molecular formula is C39H34N4O2S. The molecule has 1 N–H and O–H groups in total. The van der Waals surface area contributed by atoms with Gasteiger partial charge in [-0.25, -0.2) is 0 Å². The van der Waals surface area contributed by atoms with E-state index in [1.165, 1.54) is 32.2 Å². The Morgan fingerprint density at radius 2 is 1.37 bits per heavy atom. The first-order valence-electron chi connectivity index (χ1n) is 15.7. The fourth-order valence-corrected chi connectivity index (χ4v) is 7.14. The van der Waals surface area contributed by atoms with E-state index >= 15 is 0 Å². The van der Waals surface area contributed by atoms with Crippen LogP contribution in [0.15, 0.2) is 128 Å². The van der Waals surface area contributed by atoms with Crippen molar-refractivity contribution in [3.63, 3.8) is 0 Å². The highest BCUT2D eigenvalue weighted by molar-refractivity contribution is 7.18. The summed E-state index contributed by atoms with van der Waals surface area (Å²) in [5, 5.41) is 11.5. The molecule has 6 nitrogen and oxygen atoms in total. The highest BCUT2D eigenvalue weighted by atomic mass is 32.1. The van der Waals surface area contributed by atoms with Crippen LogP contribution in [-0.2, 0) is 11.3 Å². The molecule has 0 atom stereocenters. The zero-order chi connectivity index (χ0) is 31.3. The van der Waals surface area contributed by atoms with Crippen LogP contribution in [0, 0.1) is 0 Å². The van der Waals surface area contributed by atoms with Crippen molar-refractivity contribution in [1.29, 1.82) is 0 Å². The average Bonchev–Trinajstić information content (AvgIpc) is 3.71. The molecule has 0 bridgehead atoms. The molecule has 0 aliphatic heterocycles. The molecule has 0 aliphatic carbocycles. The first-order chi connectivity index (χ1) is 22.7. The van der Waals surface area contributed by atoms with Crippen molar-refractivity contribution in [3.8, 4) is 21.0 Å². The molecule has 0 aliphatic rings. The average molecular weight is 623 g/mol. The number of thiophene rings is 1. The number of carbonyl (C=O) groups is 1. The summed E-state index contributed by atoms with van der Waals surface area (Å²) in [4.78, 5) is 24.3. The van der Waals surface area contributed by atoms with Crippen LogP contribution in [0.25, 0.3) is 42.8 Å². The summed E-state index contributed by atoms with van der Waals surface area (Å²) in [5.74, 6) is -0.722. The molecule has 0 amide bonds. The summed E-state index contributed by atoms with van der Waals surface area (Å²) in [7, 11) is 0. The van der Waals surface area contributed by atoms with Gasteiger partial charge in [-0.2, -0.15) is 0 Å². The van der Waals surface area contributed by atoms with E-state index in [9.17, 15) is 4.79 Å². The number of anilines is 3. The Labute approximate surface area is 272 Å². The van der Waals surface area contributed by atoms with E-state index in [0.717, 1.165) is 53.4 Å². The quantitative estimate of drug-likeness (QED) is 0.137. The van der Waals surface area contributed by atoms with Crippen LogP contribution in [0.5, 0.6) is 0 Å². The Bertz CT molecular complexity index is 2050. The van der Waals surface area contributed by atoms with Gasteiger partial charge < -0.3 is 14.6 Å². The van der Waals surface area contributed by atoms with Crippen LogP contribution < -0.4 is 4.90 Å². The number of unbranched alkanes of at least 4 members (excludes halogenated alkanes) is 3. The van der Waals surface area contributed by atoms with Gasteiger partial charge in [0.05, 0.1) is 22.3 Å². The topological polar surface area (TPSA) is 71.2 Å². The van der Waals surface area contributed by atoms with E-state index in [4.69, 9.17) is 5.11 Å². The van der Waals surface area contributed by atoms with E-state index in [1.54, 1.807) is 29.9 Å². The molecule has 3 heterocycles. The van der Waals surface area contributed by atoms with E-state index in [1.807, 2.05) is 12.1 Å². The lowest BCUT2D eigenvalue weighted by molar-refractivity contribution is -0.137. The molecule has 0 spiro atoms. The predicted molar refractivity (Wildman–Crippen MR) is 189 cm³/mol. The first kappa shape index (κ1) is 29.4. The number of fused-ring (bicyclic) bond motifs is 3. The lowest BCUT2D eigenvalue weighted by atomic mass is 10.1. The minimum atomic E-state index is -0.722. The number of nitrogens with zero attached hydrogens (tertiary/aromatic N) is 4. The first-order valence-corrected chi connectivity index (χ1v) is 16.5. The molecule has 0 unspecified atom stereocenters. The number of aryl methyl sites for hydroxylation is 1. The van der Waals surface area contributed by atoms with Crippen LogP contribution in [0.3, 0.4) is 0 Å². The fraction of sp³-hybridized carbons (Fsp3) is 0.154. The minimum Gasteiger partial charge on any atom is -0.481 e. The number of benzene rings is 4. The number of para-hydroxylation sites is 2. The van der Waals surface area contributed by atoms with Gasteiger partial charge in [0.1, 0.15) is 0 Å². The van der Waals surface area contributed by atoms with Crippen LogP contribution in [0.1, 0.15) is 32.1 Å². The second-order valence-electron chi connectivity index (χ2n) is 11.4. The third-order valence-electron chi connectivity index (χ3n) is 8.37. The predicted octanol–water partition coefficient (Wildman–Crippen LogP) is 10.5. The molecule has 0 saturated heterocycles. The monoisotopic (exact) mass is 622 g/mol. The van der Waals surface area contributed by atoms with Gasteiger partial charge in [0.25, 0.3) is 0 Å². The summed E-state index contributed by atoms with van der Waals surface area (Å²) in [6.07, 6.45) is 9.05. The Hall–Kier alpha value is -5.27. The standard InChI is InChI=1S/C39H34N4O2S/c44-39(45)15-9-1-2-10-24-42-35-25-28(37-20-21-38(46-37)34-27-40-22-23-41-34)16-18-32(35)33-19-17-31(26-36(33)42)43(29-11-5-3-6-12-29)30-13-7-4-8-14-30/h3-8,11-14,16-23,25-27H,1-2,9-10,15,24H2,(H,44,45). The Morgan fingerprint density at radius 3 is 2.07 bits per heavy atom. The van der Waals surface area contributed by atoms with Crippen molar-refractivity contribution >= 4 is 56.2 Å². The van der Waals surface area contributed by atoms with Gasteiger partial charge in [0.2, 0.25) is 0 Å². The molecule has 46 heavy (non-hydrogen) atoms. The fourth-order valence-electron chi connectivity index (χ4n) is 6.17. The van der Waals surface area contributed by atoms with Crippen LogP contribution in [-0.4, -0.2) is 25.6 Å². The number of aliphatic carboxylic acids is 1. The van der Waals surface area contributed by atoms with E-state index in [0.29, 0.717) is 6.42 Å². The minimum absolute atomic E-state index is 0.230. The molecular weight excluding hydrogens is 589 g/mol. The number of aromatic nitrogens is 3. The molecule has 0 fully saturated rings. The molecule has 0 saturated carbocycles. The maximum atomic E-state index is 11.0. The largest absolute Gasteiger partial charge is 0.481 e. The van der Waals surface area contributed by atoms with Crippen molar-refractivity contribution in [2.45, 2.75) is 38.6 Å². The summed E-state index contributed by atoms with van der Waals surface area (Å²) >= 11 is 1.72. The summed E-state index contributed by atoms with van der Waals surface area (Å²) in [6, 6.07) is 38.9. The van der Waals surface area contributed by atoms with E-state index < -0.39 is 5.97 Å². The number of hydrogen-bond donors (Lipinski definition) is 1. The van der Waals surface area contributed by atoms with Crippen LogP contribution in [0.2, 0.25) is 0 Å². The lowest BCUT2D eigenvalue weighted by Crippen LogP contribution is -2.09. The van der Waals surface area contributed by atoms with Crippen molar-refractivity contribution in [3.05, 3.63) is 128 Å². The van der Waals surface area contributed by atoms with Gasteiger partial charge in [0.15, 0.2) is 0 Å². The van der Waals surface area contributed by atoms with Gasteiger partial charge in [0, 0.05) is 63.6 Å². The van der Waals surface area contributed by atoms with Gasteiger partial charge >= 0.3 is 5.97 Å².